The van der Waals surface area contributed by atoms with Gasteiger partial charge in [0.2, 0.25) is 5.91 Å². The van der Waals surface area contributed by atoms with Crippen LogP contribution in [0.4, 0.5) is 0 Å². The molecule has 0 bridgehead atoms. The number of hydrogen-bond acceptors (Lipinski definition) is 4. The van der Waals surface area contributed by atoms with Gasteiger partial charge in [0.15, 0.2) is 0 Å². The summed E-state index contributed by atoms with van der Waals surface area (Å²) >= 11 is 0. The first-order chi connectivity index (χ1) is 12.2. The lowest BCUT2D eigenvalue weighted by molar-refractivity contribution is -0.134. The lowest BCUT2D eigenvalue weighted by atomic mass is 9.91. The molecule has 1 amide bonds. The van der Waals surface area contributed by atoms with Crippen LogP contribution >= 0.6 is 12.4 Å². The van der Waals surface area contributed by atoms with E-state index in [0.29, 0.717) is 6.54 Å². The van der Waals surface area contributed by atoms with E-state index in [1.165, 1.54) is 5.56 Å². The first-order valence-corrected chi connectivity index (χ1v) is 9.51. The van der Waals surface area contributed by atoms with E-state index in [0.717, 1.165) is 58.5 Å². The van der Waals surface area contributed by atoms with E-state index in [1.54, 1.807) is 0 Å². The molecule has 0 aromatic heterocycles. The van der Waals surface area contributed by atoms with Crippen molar-refractivity contribution in [1.82, 2.24) is 4.90 Å². The Balaban J connectivity index is 0.00000243. The van der Waals surface area contributed by atoms with Crippen LogP contribution < -0.4 is 5.73 Å². The fourth-order valence-electron chi connectivity index (χ4n) is 3.72. The molecule has 2 unspecified atom stereocenters. The summed E-state index contributed by atoms with van der Waals surface area (Å²) < 4.78 is 11.3. The number of carbonyl (C=O) groups is 1. The molecule has 6 heteroatoms. The van der Waals surface area contributed by atoms with Gasteiger partial charge in [0, 0.05) is 32.9 Å². The zero-order valence-corrected chi connectivity index (χ0v) is 16.2. The van der Waals surface area contributed by atoms with Crippen LogP contribution in [0, 0.1) is 5.92 Å². The third-order valence-electron chi connectivity index (χ3n) is 5.32. The summed E-state index contributed by atoms with van der Waals surface area (Å²) in [6.07, 6.45) is 4.89. The zero-order valence-electron chi connectivity index (χ0n) is 15.3. The molecule has 146 valence electrons. The van der Waals surface area contributed by atoms with Crippen LogP contribution in [0.2, 0.25) is 0 Å². The number of aryl methyl sites for hydroxylation is 1. The minimum Gasteiger partial charge on any atom is -0.381 e. The summed E-state index contributed by atoms with van der Waals surface area (Å²) in [5, 5.41) is 0. The number of amides is 1. The summed E-state index contributed by atoms with van der Waals surface area (Å²) in [6.45, 7) is 3.63. The molecule has 1 aromatic carbocycles. The molecule has 0 spiro atoms. The third-order valence-corrected chi connectivity index (χ3v) is 5.32. The number of hydrogen-bond donors (Lipinski definition) is 1. The largest absolute Gasteiger partial charge is 0.381 e. The second-order valence-corrected chi connectivity index (χ2v) is 7.13. The molecular weight excluding hydrogens is 352 g/mol. The van der Waals surface area contributed by atoms with Crippen molar-refractivity contribution < 1.29 is 14.3 Å². The maximum Gasteiger partial charge on any atom is 0.239 e. The Labute approximate surface area is 162 Å². The molecule has 5 nitrogen and oxygen atoms in total. The first-order valence-electron chi connectivity index (χ1n) is 9.51. The number of carbonyl (C=O) groups excluding carboxylic acids is 1. The molecule has 0 saturated carbocycles. The minimum atomic E-state index is -0.388. The molecule has 2 aliphatic heterocycles. The lowest BCUT2D eigenvalue weighted by Gasteiger charge is -2.29. The van der Waals surface area contributed by atoms with E-state index in [1.807, 2.05) is 11.0 Å². The maximum absolute atomic E-state index is 12.6. The molecular formula is C20H31ClN2O3. The quantitative estimate of drug-likeness (QED) is 0.735. The fraction of sp³-hybridized carbons (Fsp3) is 0.650. The number of benzene rings is 1. The van der Waals surface area contributed by atoms with Gasteiger partial charge < -0.3 is 20.1 Å². The van der Waals surface area contributed by atoms with Gasteiger partial charge in [0.1, 0.15) is 0 Å². The van der Waals surface area contributed by atoms with E-state index in [4.69, 9.17) is 15.2 Å². The van der Waals surface area contributed by atoms with E-state index >= 15 is 0 Å². The molecule has 0 radical (unpaired) electrons. The highest BCUT2D eigenvalue weighted by Gasteiger charge is 2.33. The summed E-state index contributed by atoms with van der Waals surface area (Å²) in [4.78, 5) is 14.5. The second-order valence-electron chi connectivity index (χ2n) is 7.13. The number of ether oxygens (including phenoxy) is 2. The molecule has 2 N–H and O–H groups in total. The summed E-state index contributed by atoms with van der Waals surface area (Å²) in [6, 6.07) is 10.1. The Kier molecular flexibility index (Phi) is 8.85. The minimum absolute atomic E-state index is 0. The normalized spacial score (nSPS) is 22.0. The SMILES string of the molecule is Cl.NC(C(=O)N1CCC(OCCCc2ccccc2)C1)C1CCOCC1. The van der Waals surface area contributed by atoms with E-state index < -0.39 is 0 Å². The van der Waals surface area contributed by atoms with Crippen molar-refractivity contribution in [3.63, 3.8) is 0 Å². The van der Waals surface area contributed by atoms with E-state index in [2.05, 4.69) is 24.3 Å². The Morgan fingerprint density at radius 1 is 1.23 bits per heavy atom. The second kappa shape index (κ2) is 10.9. The Hall–Kier alpha value is -1.14. The molecule has 1 aromatic rings. The van der Waals surface area contributed by atoms with Gasteiger partial charge in [-0.1, -0.05) is 30.3 Å². The monoisotopic (exact) mass is 382 g/mol. The fourth-order valence-corrected chi connectivity index (χ4v) is 3.72. The molecule has 3 rings (SSSR count). The van der Waals surface area contributed by atoms with Crippen LogP contribution in [-0.2, 0) is 20.7 Å². The number of halogens is 1. The number of nitrogens with zero attached hydrogens (tertiary/aromatic N) is 1. The highest BCUT2D eigenvalue weighted by Crippen LogP contribution is 2.21. The van der Waals surface area contributed by atoms with Crippen LogP contribution in [0.5, 0.6) is 0 Å². The highest BCUT2D eigenvalue weighted by atomic mass is 35.5. The average Bonchev–Trinajstić information content (AvgIpc) is 3.14. The van der Waals surface area contributed by atoms with E-state index in [9.17, 15) is 4.79 Å². The van der Waals surface area contributed by atoms with Gasteiger partial charge in [-0.25, -0.2) is 0 Å². The van der Waals surface area contributed by atoms with Gasteiger partial charge in [-0.3, -0.25) is 4.79 Å². The summed E-state index contributed by atoms with van der Waals surface area (Å²) in [5.74, 6) is 0.342. The lowest BCUT2D eigenvalue weighted by Crippen LogP contribution is -2.48. The van der Waals surface area contributed by atoms with Crippen LogP contribution in [0.1, 0.15) is 31.2 Å². The average molecular weight is 383 g/mol. The predicted octanol–water partition coefficient (Wildman–Crippen LogP) is 2.41. The van der Waals surface area contributed by atoms with Crippen molar-refractivity contribution in [2.24, 2.45) is 11.7 Å². The Morgan fingerprint density at radius 3 is 2.69 bits per heavy atom. The van der Waals surface area contributed by atoms with Gasteiger partial charge in [-0.15, -0.1) is 12.4 Å². The Morgan fingerprint density at radius 2 is 1.96 bits per heavy atom. The number of likely N-dealkylation sites (tertiary alicyclic amines) is 1. The maximum atomic E-state index is 12.6. The molecule has 2 heterocycles. The molecule has 2 fully saturated rings. The third kappa shape index (κ3) is 5.95. The molecule has 2 saturated heterocycles. The predicted molar refractivity (Wildman–Crippen MR) is 104 cm³/mol. The van der Waals surface area contributed by atoms with Crippen molar-refractivity contribution in [3.8, 4) is 0 Å². The topological polar surface area (TPSA) is 64.8 Å². The van der Waals surface area contributed by atoms with Gasteiger partial charge in [-0.2, -0.15) is 0 Å². The first kappa shape index (κ1) is 21.2. The highest BCUT2D eigenvalue weighted by molar-refractivity contribution is 5.85. The van der Waals surface area contributed by atoms with Gasteiger partial charge in [-0.05, 0) is 43.6 Å². The van der Waals surface area contributed by atoms with Crippen molar-refractivity contribution in [2.75, 3.05) is 32.9 Å². The molecule has 0 aliphatic carbocycles. The molecule has 2 aliphatic rings. The van der Waals surface area contributed by atoms with Crippen LogP contribution in [0.25, 0.3) is 0 Å². The van der Waals surface area contributed by atoms with Crippen molar-refractivity contribution >= 4 is 18.3 Å². The van der Waals surface area contributed by atoms with Gasteiger partial charge >= 0.3 is 0 Å². The molecule has 26 heavy (non-hydrogen) atoms. The van der Waals surface area contributed by atoms with Crippen LogP contribution in [0.15, 0.2) is 30.3 Å². The van der Waals surface area contributed by atoms with Gasteiger partial charge in [0.05, 0.1) is 12.1 Å². The summed E-state index contributed by atoms with van der Waals surface area (Å²) in [5.41, 5.74) is 7.56. The van der Waals surface area contributed by atoms with Crippen molar-refractivity contribution in [3.05, 3.63) is 35.9 Å². The number of rotatable bonds is 7. The van der Waals surface area contributed by atoms with Crippen LogP contribution in [-0.4, -0.2) is 55.9 Å². The summed E-state index contributed by atoms with van der Waals surface area (Å²) in [7, 11) is 0. The van der Waals surface area contributed by atoms with Gasteiger partial charge in [0.25, 0.3) is 0 Å². The smallest absolute Gasteiger partial charge is 0.239 e. The van der Waals surface area contributed by atoms with Crippen molar-refractivity contribution in [1.29, 1.82) is 0 Å². The van der Waals surface area contributed by atoms with E-state index in [-0.39, 0.29) is 36.4 Å². The van der Waals surface area contributed by atoms with Crippen molar-refractivity contribution in [2.45, 2.75) is 44.2 Å². The number of nitrogens with two attached hydrogens (primary N) is 1. The molecule has 2 atom stereocenters. The standard InChI is InChI=1S/C20H30N2O3.ClH/c21-19(17-9-13-24-14-10-17)20(23)22-11-8-18(15-22)25-12-4-7-16-5-2-1-3-6-16;/h1-3,5-6,17-19H,4,7-15,21H2;1H. The zero-order chi connectivity index (χ0) is 17.5. The van der Waals surface area contributed by atoms with Crippen LogP contribution in [0.3, 0.4) is 0 Å². The Bertz CT molecular complexity index is 537.